The van der Waals surface area contributed by atoms with Crippen LogP contribution >= 0.6 is 0 Å². The zero-order valence-electron chi connectivity index (χ0n) is 21.2. The molecule has 39 heavy (non-hydrogen) atoms. The number of dihydropyridines is 1. The van der Waals surface area contributed by atoms with Gasteiger partial charge in [0.25, 0.3) is 0 Å². The first-order chi connectivity index (χ1) is 19.3. The van der Waals surface area contributed by atoms with Gasteiger partial charge < -0.3 is 14.2 Å². The van der Waals surface area contributed by atoms with Gasteiger partial charge >= 0.3 is 0 Å². The van der Waals surface area contributed by atoms with Crippen LogP contribution in [0.4, 0.5) is 0 Å². The molecule has 6 aromatic rings. The van der Waals surface area contributed by atoms with E-state index in [-0.39, 0.29) is 5.41 Å². The Labute approximate surface area is 225 Å². The highest BCUT2D eigenvalue weighted by Crippen LogP contribution is 2.53. The van der Waals surface area contributed by atoms with Crippen molar-refractivity contribution in [2.45, 2.75) is 18.4 Å². The van der Waals surface area contributed by atoms with Gasteiger partial charge in [0.15, 0.2) is 11.2 Å². The van der Waals surface area contributed by atoms with Crippen LogP contribution in [0, 0.1) is 5.41 Å². The van der Waals surface area contributed by atoms with Crippen molar-refractivity contribution in [1.82, 2.24) is 5.32 Å². The van der Waals surface area contributed by atoms with Crippen LogP contribution in [-0.4, -0.2) is 6.04 Å². The quantitative estimate of drug-likeness (QED) is 0.239. The van der Waals surface area contributed by atoms with E-state index < -0.39 is 0 Å². The summed E-state index contributed by atoms with van der Waals surface area (Å²) in [6, 6.07) is 28.5. The number of hydrogen-bond acceptors (Lipinski definition) is 3. The fourth-order valence-electron chi connectivity index (χ4n) is 6.86. The molecule has 3 unspecified atom stereocenters. The highest BCUT2D eigenvalue weighted by Gasteiger charge is 2.44. The lowest BCUT2D eigenvalue weighted by atomic mass is 9.58. The van der Waals surface area contributed by atoms with Crippen molar-refractivity contribution < 1.29 is 8.83 Å². The summed E-state index contributed by atoms with van der Waals surface area (Å²) in [5.41, 5.74) is 8.63. The zero-order chi connectivity index (χ0) is 25.6. The van der Waals surface area contributed by atoms with Crippen molar-refractivity contribution in [3.05, 3.63) is 133 Å². The average molecular weight is 504 g/mol. The lowest BCUT2D eigenvalue weighted by molar-refractivity contribution is 0.322. The van der Waals surface area contributed by atoms with E-state index in [0.717, 1.165) is 50.3 Å². The minimum absolute atomic E-state index is 0.0955. The summed E-state index contributed by atoms with van der Waals surface area (Å²) in [5, 5.41) is 7.94. The molecule has 0 bridgehead atoms. The van der Waals surface area contributed by atoms with Crippen molar-refractivity contribution in [3.8, 4) is 11.1 Å². The van der Waals surface area contributed by atoms with Gasteiger partial charge in [0.1, 0.15) is 11.2 Å². The topological polar surface area (TPSA) is 38.3 Å². The van der Waals surface area contributed by atoms with Crippen LogP contribution in [0.3, 0.4) is 0 Å². The number of nitrogens with one attached hydrogen (secondary N) is 1. The lowest BCUT2D eigenvalue weighted by Gasteiger charge is -2.47. The van der Waals surface area contributed by atoms with Crippen LogP contribution < -0.4 is 5.32 Å². The van der Waals surface area contributed by atoms with Gasteiger partial charge in [-0.3, -0.25) is 0 Å². The highest BCUT2D eigenvalue weighted by molar-refractivity contribution is 6.19. The number of rotatable bonds is 2. The van der Waals surface area contributed by atoms with E-state index >= 15 is 0 Å². The summed E-state index contributed by atoms with van der Waals surface area (Å²) in [6.07, 6.45) is 16.9. The van der Waals surface area contributed by atoms with Gasteiger partial charge in [-0.05, 0) is 71.3 Å². The summed E-state index contributed by atoms with van der Waals surface area (Å²) < 4.78 is 12.6. The predicted molar refractivity (Wildman–Crippen MR) is 159 cm³/mol. The first-order valence-corrected chi connectivity index (χ1v) is 13.6. The van der Waals surface area contributed by atoms with Crippen LogP contribution in [-0.2, 0) is 0 Å². The molecule has 0 radical (unpaired) electrons. The predicted octanol–water partition coefficient (Wildman–Crippen LogP) is 9.16. The van der Waals surface area contributed by atoms with Crippen molar-refractivity contribution in [1.29, 1.82) is 0 Å². The molecule has 186 valence electrons. The molecule has 9 rings (SSSR count). The Balaban J connectivity index is 1.07. The second-order valence-corrected chi connectivity index (χ2v) is 11.1. The smallest absolute Gasteiger partial charge is 0.178 e. The van der Waals surface area contributed by atoms with E-state index in [4.69, 9.17) is 8.83 Å². The zero-order valence-corrected chi connectivity index (χ0v) is 21.2. The first kappa shape index (κ1) is 21.2. The molecule has 1 spiro atoms. The molecule has 3 nitrogen and oxygen atoms in total. The lowest BCUT2D eigenvalue weighted by Crippen LogP contribution is -2.42. The van der Waals surface area contributed by atoms with Crippen molar-refractivity contribution in [3.63, 3.8) is 0 Å². The Kier molecular flexibility index (Phi) is 4.15. The fourth-order valence-corrected chi connectivity index (χ4v) is 6.86. The maximum absolute atomic E-state index is 6.34. The third-order valence-corrected chi connectivity index (χ3v) is 8.99. The number of furan rings is 2. The molecule has 1 aliphatic heterocycles. The van der Waals surface area contributed by atoms with E-state index in [1.165, 1.54) is 22.3 Å². The summed E-state index contributed by atoms with van der Waals surface area (Å²) in [6.45, 7) is 0. The van der Waals surface area contributed by atoms with Crippen LogP contribution in [0.1, 0.15) is 17.9 Å². The minimum atomic E-state index is 0.0955. The van der Waals surface area contributed by atoms with Crippen molar-refractivity contribution in [2.75, 3.05) is 0 Å². The van der Waals surface area contributed by atoms with Gasteiger partial charge in [0, 0.05) is 32.9 Å². The standard InChI is InChI=1S/C36H25NO2/c1-2-6-32-26(5-1)27-12-13-28-29-20-25(11-14-33(29)39-35(28)34(27)38-32)22-7-9-23(10-8-22)30-16-18-36(30)17-15-24-4-3-19-37-31(24)21-36/h1-20,30-31,37H,21H2. The monoisotopic (exact) mass is 503 g/mol. The Bertz CT molecular complexity index is 2080. The minimum Gasteiger partial charge on any atom is -0.452 e. The maximum Gasteiger partial charge on any atom is 0.178 e. The third kappa shape index (κ3) is 2.99. The van der Waals surface area contributed by atoms with Gasteiger partial charge in [0.2, 0.25) is 0 Å². The van der Waals surface area contributed by atoms with E-state index in [1.807, 2.05) is 18.2 Å². The molecule has 2 aromatic heterocycles. The van der Waals surface area contributed by atoms with Crippen molar-refractivity contribution >= 4 is 43.9 Å². The number of benzene rings is 4. The van der Waals surface area contributed by atoms with Crippen LogP contribution in [0.5, 0.6) is 0 Å². The van der Waals surface area contributed by atoms with Crippen LogP contribution in [0.15, 0.2) is 136 Å². The van der Waals surface area contributed by atoms with Crippen molar-refractivity contribution in [2.24, 2.45) is 5.41 Å². The second kappa shape index (κ2) is 7.64. The Morgan fingerprint density at radius 2 is 1.49 bits per heavy atom. The third-order valence-electron chi connectivity index (χ3n) is 8.99. The van der Waals surface area contributed by atoms with Gasteiger partial charge in [-0.1, -0.05) is 78.9 Å². The summed E-state index contributed by atoms with van der Waals surface area (Å²) in [5.74, 6) is 0.406. The molecule has 3 heteroatoms. The summed E-state index contributed by atoms with van der Waals surface area (Å²) in [4.78, 5) is 0. The maximum atomic E-state index is 6.34. The molecule has 4 aromatic carbocycles. The van der Waals surface area contributed by atoms with E-state index in [1.54, 1.807) is 0 Å². The van der Waals surface area contributed by atoms with E-state index in [0.29, 0.717) is 12.0 Å². The number of fused-ring (bicyclic) bond motifs is 8. The summed E-state index contributed by atoms with van der Waals surface area (Å²) >= 11 is 0. The molecule has 3 heterocycles. The van der Waals surface area contributed by atoms with E-state index in [2.05, 4.69) is 109 Å². The van der Waals surface area contributed by atoms with E-state index in [9.17, 15) is 0 Å². The molecule has 3 atom stereocenters. The number of allylic oxidation sites excluding steroid dienone is 5. The van der Waals surface area contributed by atoms with Gasteiger partial charge in [-0.2, -0.15) is 0 Å². The second-order valence-electron chi connectivity index (χ2n) is 11.1. The summed E-state index contributed by atoms with van der Waals surface area (Å²) in [7, 11) is 0. The van der Waals surface area contributed by atoms with Gasteiger partial charge in [-0.15, -0.1) is 0 Å². The van der Waals surface area contributed by atoms with Crippen LogP contribution in [0.2, 0.25) is 0 Å². The number of hydrogen-bond donors (Lipinski definition) is 1. The fraction of sp³-hybridized carbons (Fsp3) is 0.111. The Morgan fingerprint density at radius 3 is 2.31 bits per heavy atom. The van der Waals surface area contributed by atoms with Gasteiger partial charge in [0.05, 0.1) is 6.04 Å². The molecule has 3 aliphatic rings. The molecular weight excluding hydrogens is 478 g/mol. The molecule has 0 saturated heterocycles. The van der Waals surface area contributed by atoms with Crippen LogP contribution in [0.25, 0.3) is 55.0 Å². The average Bonchev–Trinajstić information content (AvgIpc) is 3.55. The molecule has 2 aliphatic carbocycles. The SMILES string of the molecule is C1=CNC2CC3(C=CC2=C1)C=CC3c1ccc(-c2ccc3oc4c(ccc5c6ccccc6oc54)c3c2)cc1. The Morgan fingerprint density at radius 1 is 0.718 bits per heavy atom. The molecule has 0 amide bonds. The highest BCUT2D eigenvalue weighted by atomic mass is 16.4. The first-order valence-electron chi connectivity index (χ1n) is 13.6. The largest absolute Gasteiger partial charge is 0.452 e. The number of para-hydroxylation sites is 1. The molecule has 1 N–H and O–H groups in total. The molecule has 0 fully saturated rings. The van der Waals surface area contributed by atoms with Gasteiger partial charge in [-0.25, -0.2) is 0 Å². The Hall–Kier alpha value is -4.76. The normalized spacial score (nSPS) is 23.4. The molecular formula is C36H25NO2. The molecule has 0 saturated carbocycles.